The van der Waals surface area contributed by atoms with Crippen LogP contribution in [0.2, 0.25) is 0 Å². The number of aryl methyl sites for hydroxylation is 2. The largest absolute Gasteiger partial charge is 0.496 e. The molecule has 1 N–H and O–H groups in total. The van der Waals surface area contributed by atoms with Crippen molar-refractivity contribution in [2.24, 2.45) is 0 Å². The summed E-state index contributed by atoms with van der Waals surface area (Å²) in [5, 5.41) is 3.63. The molecule has 0 atom stereocenters. The predicted octanol–water partition coefficient (Wildman–Crippen LogP) is 6.38. The maximum absolute atomic E-state index is 12.7. The van der Waals surface area contributed by atoms with Crippen LogP contribution in [0.5, 0.6) is 5.75 Å². The molecule has 4 nitrogen and oxygen atoms in total. The second-order valence-electron chi connectivity index (χ2n) is 7.65. The number of alkyl halides is 3. The molecule has 1 aromatic heterocycles. The topological polar surface area (TPSA) is 51.5 Å². The Morgan fingerprint density at radius 2 is 1.84 bits per heavy atom. The molecule has 0 aliphatic heterocycles. The Hall–Kier alpha value is -3.22. The van der Waals surface area contributed by atoms with Crippen molar-refractivity contribution < 1.29 is 27.1 Å². The summed E-state index contributed by atoms with van der Waals surface area (Å²) in [6.45, 7) is 1.79. The highest BCUT2D eigenvalue weighted by molar-refractivity contribution is 6.04. The number of hydrogen-bond donors (Lipinski definition) is 1. The van der Waals surface area contributed by atoms with Crippen LogP contribution in [0.4, 0.5) is 18.9 Å². The van der Waals surface area contributed by atoms with Crippen LogP contribution in [-0.4, -0.2) is 13.0 Å². The molecule has 0 radical (unpaired) electrons. The zero-order chi connectivity index (χ0) is 22.2. The summed E-state index contributed by atoms with van der Waals surface area (Å²) in [4.78, 5) is 12.5. The van der Waals surface area contributed by atoms with Gasteiger partial charge in [-0.1, -0.05) is 0 Å². The lowest BCUT2D eigenvalue weighted by Gasteiger charge is -2.11. The van der Waals surface area contributed by atoms with Crippen molar-refractivity contribution in [1.29, 1.82) is 0 Å². The highest BCUT2D eigenvalue weighted by Gasteiger charge is 2.30. The molecule has 1 aliphatic rings. The third kappa shape index (κ3) is 4.31. The van der Waals surface area contributed by atoms with Crippen LogP contribution in [0.15, 0.2) is 46.9 Å². The Bertz CT molecular complexity index is 1160. The molecule has 0 saturated carbocycles. The normalized spacial score (nSPS) is 14.4. The number of halogens is 3. The standard InChI is InChI=1S/C24H22F3NO3/c1-14(11-23(29)28-16-9-7-15(8-10-16)24(25,26)27)18-12-19-17-5-3-4-6-20(17)31-22(19)13-21(18)30-2/h7-13H,3-6H2,1-2H3,(H,28,29)/b14-11+. The van der Waals surface area contributed by atoms with Gasteiger partial charge in [0.1, 0.15) is 17.1 Å². The van der Waals surface area contributed by atoms with Crippen LogP contribution in [0.25, 0.3) is 16.5 Å². The maximum Gasteiger partial charge on any atom is 0.416 e. The van der Waals surface area contributed by atoms with E-state index in [1.54, 1.807) is 14.0 Å². The minimum atomic E-state index is -4.42. The van der Waals surface area contributed by atoms with Gasteiger partial charge < -0.3 is 14.5 Å². The van der Waals surface area contributed by atoms with Crippen molar-refractivity contribution in [2.45, 2.75) is 38.8 Å². The summed E-state index contributed by atoms with van der Waals surface area (Å²) >= 11 is 0. The quantitative estimate of drug-likeness (QED) is 0.490. The van der Waals surface area contributed by atoms with Crippen LogP contribution < -0.4 is 10.1 Å². The SMILES string of the molecule is COc1cc2oc3c(c2cc1/C(C)=C/C(=O)Nc1ccc(C(F)(F)F)cc1)CCCC3. The van der Waals surface area contributed by atoms with Crippen molar-refractivity contribution in [2.75, 3.05) is 12.4 Å². The molecule has 162 valence electrons. The fourth-order valence-electron chi connectivity index (χ4n) is 3.96. The van der Waals surface area contributed by atoms with Crippen molar-refractivity contribution in [3.05, 3.63) is 64.9 Å². The van der Waals surface area contributed by atoms with E-state index in [0.717, 1.165) is 60.1 Å². The zero-order valence-corrected chi connectivity index (χ0v) is 17.2. The molecule has 7 heteroatoms. The van der Waals surface area contributed by atoms with E-state index in [9.17, 15) is 18.0 Å². The summed E-state index contributed by atoms with van der Waals surface area (Å²) in [5.41, 5.74) is 2.95. The predicted molar refractivity (Wildman–Crippen MR) is 113 cm³/mol. The van der Waals surface area contributed by atoms with Gasteiger partial charge in [-0.3, -0.25) is 4.79 Å². The van der Waals surface area contributed by atoms with E-state index in [1.807, 2.05) is 12.1 Å². The molecule has 1 heterocycles. The average molecular weight is 429 g/mol. The molecular formula is C24H22F3NO3. The molecule has 2 aromatic carbocycles. The molecule has 0 unspecified atom stereocenters. The Labute approximate surface area is 177 Å². The van der Waals surface area contributed by atoms with Crippen LogP contribution >= 0.6 is 0 Å². The van der Waals surface area contributed by atoms with Crippen LogP contribution in [-0.2, 0) is 23.8 Å². The number of rotatable bonds is 4. The Kier molecular flexibility index (Phi) is 5.52. The van der Waals surface area contributed by atoms with Crippen LogP contribution in [0.1, 0.15) is 42.2 Å². The molecule has 3 aromatic rings. The first-order valence-corrected chi connectivity index (χ1v) is 10.1. The van der Waals surface area contributed by atoms with Crippen LogP contribution in [0.3, 0.4) is 0 Å². The Balaban J connectivity index is 1.60. The van der Waals surface area contributed by atoms with Crippen molar-refractivity contribution in [3.63, 3.8) is 0 Å². The molecule has 4 rings (SSSR count). The lowest BCUT2D eigenvalue weighted by atomic mass is 9.94. The lowest BCUT2D eigenvalue weighted by molar-refractivity contribution is -0.137. The number of hydrogen-bond acceptors (Lipinski definition) is 3. The third-order valence-electron chi connectivity index (χ3n) is 5.53. The number of anilines is 1. The van der Waals surface area contributed by atoms with Gasteiger partial charge in [0, 0.05) is 40.8 Å². The average Bonchev–Trinajstić information content (AvgIpc) is 3.10. The van der Waals surface area contributed by atoms with Gasteiger partial charge in [-0.15, -0.1) is 0 Å². The van der Waals surface area contributed by atoms with E-state index in [-0.39, 0.29) is 5.69 Å². The number of fused-ring (bicyclic) bond motifs is 3. The van der Waals surface area contributed by atoms with E-state index in [4.69, 9.17) is 9.15 Å². The highest BCUT2D eigenvalue weighted by atomic mass is 19.4. The van der Waals surface area contributed by atoms with E-state index in [0.29, 0.717) is 11.3 Å². The zero-order valence-electron chi connectivity index (χ0n) is 17.2. The van der Waals surface area contributed by atoms with Crippen molar-refractivity contribution in [1.82, 2.24) is 0 Å². The Morgan fingerprint density at radius 1 is 1.13 bits per heavy atom. The smallest absolute Gasteiger partial charge is 0.416 e. The third-order valence-corrected chi connectivity index (χ3v) is 5.53. The van der Waals surface area contributed by atoms with Gasteiger partial charge in [0.05, 0.1) is 12.7 Å². The first-order valence-electron chi connectivity index (χ1n) is 10.1. The fraction of sp³-hybridized carbons (Fsp3) is 0.292. The van der Waals surface area contributed by atoms with Gasteiger partial charge in [0.25, 0.3) is 0 Å². The number of ether oxygens (including phenoxy) is 1. The minimum absolute atomic E-state index is 0.286. The number of furan rings is 1. The molecule has 0 saturated heterocycles. The molecule has 1 amide bonds. The summed E-state index contributed by atoms with van der Waals surface area (Å²) < 4.78 is 49.6. The van der Waals surface area contributed by atoms with E-state index in [1.165, 1.54) is 23.8 Å². The van der Waals surface area contributed by atoms with Gasteiger partial charge in [-0.25, -0.2) is 0 Å². The maximum atomic E-state index is 12.7. The highest BCUT2D eigenvalue weighted by Crippen LogP contribution is 2.38. The number of allylic oxidation sites excluding steroid dienone is 1. The van der Waals surface area contributed by atoms with Gasteiger partial charge in [0.15, 0.2) is 0 Å². The molecule has 0 fully saturated rings. The lowest BCUT2D eigenvalue weighted by Crippen LogP contribution is -2.10. The first kappa shape index (κ1) is 21.0. The molecular weight excluding hydrogens is 407 g/mol. The van der Waals surface area contributed by atoms with E-state index < -0.39 is 17.6 Å². The van der Waals surface area contributed by atoms with Gasteiger partial charge in [0.2, 0.25) is 5.91 Å². The monoisotopic (exact) mass is 429 g/mol. The summed E-state index contributed by atoms with van der Waals surface area (Å²) in [5.74, 6) is 1.17. The summed E-state index contributed by atoms with van der Waals surface area (Å²) in [6, 6.07) is 8.16. The molecule has 0 spiro atoms. The number of amides is 1. The van der Waals surface area contributed by atoms with Crippen molar-refractivity contribution >= 4 is 28.1 Å². The number of methoxy groups -OCH3 is 1. The first-order chi connectivity index (χ1) is 14.8. The molecule has 1 aliphatic carbocycles. The Morgan fingerprint density at radius 3 is 2.52 bits per heavy atom. The molecule has 0 bridgehead atoms. The van der Waals surface area contributed by atoms with E-state index >= 15 is 0 Å². The van der Waals surface area contributed by atoms with Gasteiger partial charge in [-0.2, -0.15) is 13.2 Å². The second-order valence-corrected chi connectivity index (χ2v) is 7.65. The number of carbonyl (C=O) groups excluding carboxylic acids is 1. The van der Waals surface area contributed by atoms with Crippen molar-refractivity contribution in [3.8, 4) is 5.75 Å². The second kappa shape index (κ2) is 8.13. The summed E-state index contributed by atoms with van der Waals surface area (Å²) in [6.07, 6.45) is 1.11. The van der Waals surface area contributed by atoms with Gasteiger partial charge in [-0.05, 0) is 62.1 Å². The van der Waals surface area contributed by atoms with Gasteiger partial charge >= 0.3 is 6.18 Å². The number of benzene rings is 2. The van der Waals surface area contributed by atoms with Crippen LogP contribution in [0, 0.1) is 0 Å². The summed E-state index contributed by atoms with van der Waals surface area (Å²) in [7, 11) is 1.56. The minimum Gasteiger partial charge on any atom is -0.496 e. The number of carbonyl (C=O) groups is 1. The number of nitrogens with one attached hydrogen (secondary N) is 1. The molecule has 31 heavy (non-hydrogen) atoms. The fourth-order valence-corrected chi connectivity index (χ4v) is 3.96. The van der Waals surface area contributed by atoms with E-state index in [2.05, 4.69) is 5.32 Å².